The smallest absolute Gasteiger partial charge is 0.140 e. The molecule has 0 N–H and O–H groups in total. The monoisotopic (exact) mass is 440 g/mol. The predicted molar refractivity (Wildman–Crippen MR) is 141 cm³/mol. The number of fused-ring (bicyclic) bond motifs is 3. The van der Waals surface area contributed by atoms with Crippen LogP contribution in [-0.4, -0.2) is 21.6 Å². The normalized spacial score (nSPS) is 11.2. The summed E-state index contributed by atoms with van der Waals surface area (Å²) in [5.41, 5.74) is 6.90. The molecule has 0 bridgehead atoms. The van der Waals surface area contributed by atoms with Gasteiger partial charge in [0.25, 0.3) is 0 Å². The van der Waals surface area contributed by atoms with Gasteiger partial charge in [-0.3, -0.25) is 4.57 Å². The van der Waals surface area contributed by atoms with E-state index in [-0.39, 0.29) is 0 Å². The van der Waals surface area contributed by atoms with Gasteiger partial charge in [0, 0.05) is 35.9 Å². The number of hydrogen-bond acceptors (Lipinski definition) is 3. The van der Waals surface area contributed by atoms with Gasteiger partial charge in [0.2, 0.25) is 0 Å². The molecule has 34 heavy (non-hydrogen) atoms. The number of benzene rings is 3. The summed E-state index contributed by atoms with van der Waals surface area (Å²) >= 11 is 0. The molecule has 0 aliphatic rings. The highest BCUT2D eigenvalue weighted by atomic mass is 15.2. The SMILES string of the molecule is Cc1cccnc1-n1c2ccccc2c2ccc(-c3cccc(N(C)c4ccccn4)c3)cc21. The molecule has 0 aliphatic heterocycles. The predicted octanol–water partition coefficient (Wildman–Crippen LogP) is 7.32. The molecule has 0 amide bonds. The summed E-state index contributed by atoms with van der Waals surface area (Å²) in [7, 11) is 2.05. The Morgan fingerprint density at radius 1 is 0.647 bits per heavy atom. The van der Waals surface area contributed by atoms with E-state index in [1.54, 1.807) is 0 Å². The van der Waals surface area contributed by atoms with Crippen LogP contribution in [0.3, 0.4) is 0 Å². The molecule has 0 saturated heterocycles. The van der Waals surface area contributed by atoms with Crippen molar-refractivity contribution in [1.82, 2.24) is 14.5 Å². The Morgan fingerprint density at radius 2 is 1.44 bits per heavy atom. The van der Waals surface area contributed by atoms with Gasteiger partial charge in [-0.1, -0.05) is 54.6 Å². The largest absolute Gasteiger partial charge is 0.329 e. The number of hydrogen-bond donors (Lipinski definition) is 0. The van der Waals surface area contributed by atoms with Crippen molar-refractivity contribution in [3.63, 3.8) is 0 Å². The summed E-state index contributed by atoms with van der Waals surface area (Å²) in [6, 6.07) is 33.9. The first-order valence-electron chi connectivity index (χ1n) is 11.4. The van der Waals surface area contributed by atoms with Crippen molar-refractivity contribution in [3.8, 4) is 16.9 Å². The maximum absolute atomic E-state index is 4.74. The van der Waals surface area contributed by atoms with Crippen molar-refractivity contribution >= 4 is 33.3 Å². The Labute approximate surface area is 198 Å². The van der Waals surface area contributed by atoms with Gasteiger partial charge >= 0.3 is 0 Å². The first-order chi connectivity index (χ1) is 16.7. The van der Waals surface area contributed by atoms with E-state index in [1.165, 1.54) is 21.9 Å². The van der Waals surface area contributed by atoms with E-state index in [1.807, 2.05) is 43.7 Å². The highest BCUT2D eigenvalue weighted by molar-refractivity contribution is 6.10. The molecule has 0 unspecified atom stereocenters. The molecule has 0 spiro atoms. The minimum absolute atomic E-state index is 0.917. The summed E-state index contributed by atoms with van der Waals surface area (Å²) in [5, 5.41) is 2.46. The molecule has 0 saturated carbocycles. The average Bonchev–Trinajstić information content (AvgIpc) is 3.23. The summed E-state index contributed by atoms with van der Waals surface area (Å²) in [5.74, 6) is 1.88. The molecular weight excluding hydrogens is 416 g/mol. The third-order valence-electron chi connectivity index (χ3n) is 6.43. The van der Waals surface area contributed by atoms with Crippen LogP contribution in [0, 0.1) is 6.92 Å². The summed E-state index contributed by atoms with van der Waals surface area (Å²) in [6.07, 6.45) is 3.69. The molecule has 0 fully saturated rings. The fourth-order valence-electron chi connectivity index (χ4n) is 4.67. The zero-order valence-electron chi connectivity index (χ0n) is 19.2. The van der Waals surface area contributed by atoms with Gasteiger partial charge in [0.15, 0.2) is 0 Å². The van der Waals surface area contributed by atoms with E-state index < -0.39 is 0 Å². The second-order valence-electron chi connectivity index (χ2n) is 8.53. The molecule has 164 valence electrons. The van der Waals surface area contributed by atoms with Gasteiger partial charge < -0.3 is 4.90 Å². The number of aryl methyl sites for hydroxylation is 1. The summed E-state index contributed by atoms with van der Waals surface area (Å²) in [4.78, 5) is 11.3. The van der Waals surface area contributed by atoms with Crippen LogP contribution in [0.4, 0.5) is 11.5 Å². The lowest BCUT2D eigenvalue weighted by Gasteiger charge is -2.19. The standard InChI is InChI=1S/C30H24N4/c1-21-9-8-18-32-30(21)34-27-13-4-3-12-25(27)26-16-15-23(20-28(26)34)22-10-7-11-24(19-22)33(2)29-14-5-6-17-31-29/h3-20H,1-2H3. The fourth-order valence-corrected chi connectivity index (χ4v) is 4.67. The van der Waals surface area contributed by atoms with Gasteiger partial charge in [-0.15, -0.1) is 0 Å². The fraction of sp³-hybridized carbons (Fsp3) is 0.0667. The zero-order valence-corrected chi connectivity index (χ0v) is 19.2. The number of pyridine rings is 2. The first kappa shape index (κ1) is 20.2. The maximum Gasteiger partial charge on any atom is 0.140 e. The second kappa shape index (κ2) is 8.16. The molecule has 4 heteroatoms. The average molecular weight is 441 g/mol. The second-order valence-corrected chi connectivity index (χ2v) is 8.53. The minimum Gasteiger partial charge on any atom is -0.329 e. The summed E-state index contributed by atoms with van der Waals surface area (Å²) in [6.45, 7) is 2.11. The number of nitrogens with zero attached hydrogens (tertiary/aromatic N) is 4. The van der Waals surface area contributed by atoms with E-state index in [9.17, 15) is 0 Å². The lowest BCUT2D eigenvalue weighted by molar-refractivity contribution is 1.05. The molecule has 3 aromatic heterocycles. The molecule has 0 atom stereocenters. The van der Waals surface area contributed by atoms with Crippen molar-refractivity contribution in [1.29, 1.82) is 0 Å². The van der Waals surface area contributed by atoms with Gasteiger partial charge in [-0.2, -0.15) is 0 Å². The lowest BCUT2D eigenvalue weighted by atomic mass is 10.0. The third-order valence-corrected chi connectivity index (χ3v) is 6.43. The topological polar surface area (TPSA) is 34.0 Å². The van der Waals surface area contributed by atoms with Crippen LogP contribution in [-0.2, 0) is 0 Å². The van der Waals surface area contributed by atoms with Crippen molar-refractivity contribution in [3.05, 3.63) is 115 Å². The number of para-hydroxylation sites is 1. The Hall–Kier alpha value is -4.44. The lowest BCUT2D eigenvalue weighted by Crippen LogP contribution is -2.10. The minimum atomic E-state index is 0.917. The third kappa shape index (κ3) is 3.32. The molecular formula is C30H24N4. The molecule has 3 heterocycles. The van der Waals surface area contributed by atoms with Gasteiger partial charge in [-0.25, -0.2) is 9.97 Å². The van der Waals surface area contributed by atoms with Gasteiger partial charge in [-0.05, 0) is 66.1 Å². The molecule has 3 aromatic carbocycles. The maximum atomic E-state index is 4.74. The van der Waals surface area contributed by atoms with Crippen LogP contribution in [0.25, 0.3) is 38.8 Å². The van der Waals surface area contributed by atoms with Crippen molar-refractivity contribution in [2.75, 3.05) is 11.9 Å². The molecule has 0 aliphatic carbocycles. The summed E-state index contributed by atoms with van der Waals surface area (Å²) < 4.78 is 2.29. The molecule has 0 radical (unpaired) electrons. The number of rotatable bonds is 4. The van der Waals surface area contributed by atoms with Crippen molar-refractivity contribution in [2.24, 2.45) is 0 Å². The highest BCUT2D eigenvalue weighted by Gasteiger charge is 2.15. The van der Waals surface area contributed by atoms with E-state index in [2.05, 4.69) is 94.2 Å². The highest BCUT2D eigenvalue weighted by Crippen LogP contribution is 2.36. The molecule has 6 aromatic rings. The van der Waals surface area contributed by atoms with Crippen molar-refractivity contribution in [2.45, 2.75) is 6.92 Å². The number of aromatic nitrogens is 3. The van der Waals surface area contributed by atoms with Crippen LogP contribution in [0.1, 0.15) is 5.56 Å². The Kier molecular flexibility index (Phi) is 4.84. The van der Waals surface area contributed by atoms with Crippen molar-refractivity contribution < 1.29 is 0 Å². The Balaban J connectivity index is 1.53. The Bertz CT molecular complexity index is 1630. The van der Waals surface area contributed by atoms with Crippen LogP contribution >= 0.6 is 0 Å². The van der Waals surface area contributed by atoms with E-state index >= 15 is 0 Å². The molecule has 6 rings (SSSR count). The van der Waals surface area contributed by atoms with E-state index in [0.29, 0.717) is 0 Å². The zero-order chi connectivity index (χ0) is 23.1. The van der Waals surface area contributed by atoms with Crippen LogP contribution in [0.2, 0.25) is 0 Å². The van der Waals surface area contributed by atoms with Gasteiger partial charge in [0.05, 0.1) is 11.0 Å². The van der Waals surface area contributed by atoms with Crippen LogP contribution in [0.15, 0.2) is 109 Å². The van der Waals surface area contributed by atoms with E-state index in [4.69, 9.17) is 4.98 Å². The Morgan fingerprint density at radius 3 is 2.29 bits per heavy atom. The first-order valence-corrected chi connectivity index (χ1v) is 11.4. The van der Waals surface area contributed by atoms with Crippen LogP contribution in [0.5, 0.6) is 0 Å². The van der Waals surface area contributed by atoms with Crippen LogP contribution < -0.4 is 4.90 Å². The molecule has 4 nitrogen and oxygen atoms in total. The van der Waals surface area contributed by atoms with E-state index in [0.717, 1.165) is 34.0 Å². The quantitative estimate of drug-likeness (QED) is 0.288. The van der Waals surface area contributed by atoms with Gasteiger partial charge in [0.1, 0.15) is 11.6 Å². The number of anilines is 2.